The summed E-state index contributed by atoms with van der Waals surface area (Å²) in [4.78, 5) is 14.1. The van der Waals surface area contributed by atoms with Crippen LogP contribution in [0.2, 0.25) is 0 Å². The number of benzene rings is 8. The van der Waals surface area contributed by atoms with Gasteiger partial charge in [0, 0.05) is 44.0 Å². The minimum absolute atomic E-state index is 0.355. The van der Waals surface area contributed by atoms with Crippen LogP contribution in [0.25, 0.3) is 105 Å². The highest BCUT2D eigenvalue weighted by molar-refractivity contribution is 6.27. The standard InChI is InChI=1S/C54H32N6/c1-56-46-33-37(51-45(34-55)50(35-17-6-2-7-18-35)57-54(58-51)36-19-8-3-9-20-36)29-30-40(46)42-26-16-27-44-49-48(60(52(42)44)39-23-12-5-13-24-39)32-31-43-41-25-14-15-28-47(41)59(53(43)49)38-21-10-4-11-22-38/h2-33H. The summed E-state index contributed by atoms with van der Waals surface area (Å²) in [6.07, 6.45) is 0. The van der Waals surface area contributed by atoms with Crippen molar-refractivity contribution < 1.29 is 0 Å². The number of nitrogens with zero attached hydrogens (tertiary/aromatic N) is 6. The van der Waals surface area contributed by atoms with Gasteiger partial charge in [0.05, 0.1) is 40.0 Å². The van der Waals surface area contributed by atoms with Crippen molar-refractivity contribution in [1.29, 1.82) is 5.26 Å². The summed E-state index contributed by atoms with van der Waals surface area (Å²) in [5, 5.41) is 15.3. The predicted octanol–water partition coefficient (Wildman–Crippen LogP) is 13.8. The van der Waals surface area contributed by atoms with E-state index in [4.69, 9.17) is 16.5 Å². The molecule has 0 aliphatic carbocycles. The van der Waals surface area contributed by atoms with E-state index in [1.807, 2.05) is 84.9 Å². The molecule has 0 atom stereocenters. The molecule has 11 aromatic rings. The van der Waals surface area contributed by atoms with Gasteiger partial charge in [0.2, 0.25) is 0 Å². The maximum atomic E-state index is 10.7. The van der Waals surface area contributed by atoms with Gasteiger partial charge in [-0.05, 0) is 59.2 Å². The Bertz CT molecular complexity index is 3540. The Morgan fingerprint density at radius 1 is 0.467 bits per heavy atom. The molecule has 60 heavy (non-hydrogen) atoms. The molecule has 0 saturated heterocycles. The van der Waals surface area contributed by atoms with Crippen molar-refractivity contribution in [1.82, 2.24) is 19.1 Å². The highest BCUT2D eigenvalue weighted by Crippen LogP contribution is 2.46. The Morgan fingerprint density at radius 2 is 1.05 bits per heavy atom. The predicted molar refractivity (Wildman–Crippen MR) is 243 cm³/mol. The van der Waals surface area contributed by atoms with Crippen molar-refractivity contribution >= 4 is 49.3 Å². The van der Waals surface area contributed by atoms with Gasteiger partial charge >= 0.3 is 0 Å². The van der Waals surface area contributed by atoms with Crippen LogP contribution in [0, 0.1) is 17.9 Å². The highest BCUT2D eigenvalue weighted by atomic mass is 15.0. The molecular weight excluding hydrogens is 733 g/mol. The number of aromatic nitrogens is 4. The second-order valence-electron chi connectivity index (χ2n) is 14.7. The molecule has 11 rings (SSSR count). The van der Waals surface area contributed by atoms with Gasteiger partial charge in [-0.15, -0.1) is 0 Å². The van der Waals surface area contributed by atoms with Crippen LogP contribution in [-0.2, 0) is 0 Å². The summed E-state index contributed by atoms with van der Waals surface area (Å²) >= 11 is 0. The number of fused-ring (bicyclic) bond motifs is 7. The van der Waals surface area contributed by atoms with Crippen LogP contribution >= 0.6 is 0 Å². The molecule has 3 aromatic heterocycles. The third-order valence-corrected chi connectivity index (χ3v) is 11.4. The molecule has 0 radical (unpaired) electrons. The zero-order valence-electron chi connectivity index (χ0n) is 32.2. The summed E-state index contributed by atoms with van der Waals surface area (Å²) in [6, 6.07) is 68.3. The molecule has 6 heteroatoms. The van der Waals surface area contributed by atoms with Gasteiger partial charge in [-0.25, -0.2) is 14.8 Å². The molecule has 0 unspecified atom stereocenters. The van der Waals surface area contributed by atoms with Gasteiger partial charge < -0.3 is 9.13 Å². The maximum absolute atomic E-state index is 10.7. The second-order valence-corrected chi connectivity index (χ2v) is 14.7. The average Bonchev–Trinajstić information content (AvgIpc) is 3.85. The molecular formula is C54H32N6. The van der Waals surface area contributed by atoms with E-state index in [9.17, 15) is 5.26 Å². The minimum atomic E-state index is 0.355. The molecule has 0 saturated carbocycles. The van der Waals surface area contributed by atoms with E-state index in [-0.39, 0.29) is 0 Å². The van der Waals surface area contributed by atoms with Crippen molar-refractivity contribution in [3.8, 4) is 62.5 Å². The van der Waals surface area contributed by atoms with Crippen LogP contribution in [0.1, 0.15) is 5.56 Å². The molecule has 0 aliphatic rings. The molecule has 0 N–H and O–H groups in total. The van der Waals surface area contributed by atoms with Crippen molar-refractivity contribution in [2.75, 3.05) is 0 Å². The number of hydrogen-bond acceptors (Lipinski definition) is 3. The largest absolute Gasteiger partial charge is 0.309 e. The first-order valence-corrected chi connectivity index (χ1v) is 19.8. The van der Waals surface area contributed by atoms with E-state index in [0.717, 1.165) is 66.5 Å². The fourth-order valence-electron chi connectivity index (χ4n) is 8.81. The van der Waals surface area contributed by atoms with Crippen LogP contribution in [0.15, 0.2) is 194 Å². The summed E-state index contributed by atoms with van der Waals surface area (Å²) in [6.45, 7) is 8.59. The molecule has 0 bridgehead atoms. The van der Waals surface area contributed by atoms with Crippen molar-refractivity contribution in [2.24, 2.45) is 0 Å². The molecule has 0 fully saturated rings. The van der Waals surface area contributed by atoms with Gasteiger partial charge in [0.1, 0.15) is 11.6 Å². The SMILES string of the molecule is [C-]#[N+]c1cc(-c2nc(-c3ccccc3)nc(-c3ccccc3)c2C#N)ccc1-c1cccc2c3c(ccc4c5ccccc5n(-c5ccccc5)c43)n(-c3ccccc3)c12. The Kier molecular flexibility index (Phi) is 8.15. The van der Waals surface area contributed by atoms with Gasteiger partial charge in [0.25, 0.3) is 0 Å². The molecule has 0 spiro atoms. The van der Waals surface area contributed by atoms with Crippen molar-refractivity contribution in [3.63, 3.8) is 0 Å². The first kappa shape index (κ1) is 34.7. The minimum Gasteiger partial charge on any atom is -0.309 e. The number of para-hydroxylation sites is 4. The normalized spacial score (nSPS) is 11.3. The Hall–Kier alpha value is -8.58. The first-order valence-electron chi connectivity index (χ1n) is 19.8. The quantitative estimate of drug-likeness (QED) is 0.158. The van der Waals surface area contributed by atoms with Crippen LogP contribution in [0.3, 0.4) is 0 Å². The Morgan fingerprint density at radius 3 is 1.72 bits per heavy atom. The summed E-state index contributed by atoms with van der Waals surface area (Å²) in [5.74, 6) is 0.508. The molecule has 0 amide bonds. The van der Waals surface area contributed by atoms with Gasteiger partial charge in [-0.1, -0.05) is 152 Å². The smallest absolute Gasteiger partial charge is 0.195 e. The van der Waals surface area contributed by atoms with Crippen molar-refractivity contribution in [2.45, 2.75) is 0 Å². The lowest BCUT2D eigenvalue weighted by molar-refractivity contribution is 1.17. The fraction of sp³-hybridized carbons (Fsp3) is 0. The van der Waals surface area contributed by atoms with E-state index in [2.05, 4.69) is 129 Å². The average molecular weight is 765 g/mol. The van der Waals surface area contributed by atoms with Crippen LogP contribution in [0.5, 0.6) is 0 Å². The summed E-state index contributed by atoms with van der Waals surface area (Å²) < 4.78 is 4.72. The van der Waals surface area contributed by atoms with E-state index >= 15 is 0 Å². The Labute approximate surface area is 346 Å². The lowest BCUT2D eigenvalue weighted by Gasteiger charge is -2.15. The van der Waals surface area contributed by atoms with E-state index < -0.39 is 0 Å². The second kappa shape index (κ2) is 14.1. The zero-order valence-corrected chi connectivity index (χ0v) is 32.2. The van der Waals surface area contributed by atoms with E-state index in [1.54, 1.807) is 0 Å². The zero-order chi connectivity index (χ0) is 40.2. The fourth-order valence-corrected chi connectivity index (χ4v) is 8.81. The number of hydrogen-bond donors (Lipinski definition) is 0. The Balaban J connectivity index is 1.20. The van der Waals surface area contributed by atoms with Crippen LogP contribution in [0.4, 0.5) is 5.69 Å². The van der Waals surface area contributed by atoms with Gasteiger partial charge in [-0.2, -0.15) is 5.26 Å². The van der Waals surface area contributed by atoms with Gasteiger partial charge in [-0.3, -0.25) is 0 Å². The molecule has 3 heterocycles. The van der Waals surface area contributed by atoms with E-state index in [0.29, 0.717) is 34.0 Å². The molecule has 278 valence electrons. The first-order chi connectivity index (χ1) is 29.7. The third-order valence-electron chi connectivity index (χ3n) is 11.4. The van der Waals surface area contributed by atoms with Crippen LogP contribution < -0.4 is 0 Å². The number of nitriles is 1. The summed E-state index contributed by atoms with van der Waals surface area (Å²) in [7, 11) is 0. The molecule has 0 aliphatic heterocycles. The third kappa shape index (κ3) is 5.40. The summed E-state index contributed by atoms with van der Waals surface area (Å²) in [5.41, 5.74) is 12.3. The number of rotatable bonds is 6. The van der Waals surface area contributed by atoms with Crippen molar-refractivity contribution in [3.05, 3.63) is 211 Å². The van der Waals surface area contributed by atoms with E-state index in [1.165, 1.54) is 10.8 Å². The lowest BCUT2D eigenvalue weighted by Crippen LogP contribution is -2.01. The molecule has 8 aromatic carbocycles. The monoisotopic (exact) mass is 764 g/mol. The van der Waals surface area contributed by atoms with Crippen LogP contribution in [-0.4, -0.2) is 19.1 Å². The molecule has 6 nitrogen and oxygen atoms in total. The topological polar surface area (TPSA) is 63.8 Å². The highest BCUT2D eigenvalue weighted by Gasteiger charge is 2.24. The van der Waals surface area contributed by atoms with Gasteiger partial charge in [0.15, 0.2) is 11.5 Å². The maximum Gasteiger partial charge on any atom is 0.195 e. The lowest BCUT2D eigenvalue weighted by atomic mass is 9.95.